The van der Waals surface area contributed by atoms with Crippen LogP contribution in [0.3, 0.4) is 0 Å². The molecule has 1 N–H and O–H groups in total. The van der Waals surface area contributed by atoms with Crippen LogP contribution in [0, 0.1) is 0 Å². The smallest absolute Gasteiger partial charge is 0.0950 e. The fourth-order valence-electron chi connectivity index (χ4n) is 1.22. The summed E-state index contributed by atoms with van der Waals surface area (Å²) in [7, 11) is 0. The predicted molar refractivity (Wildman–Crippen MR) is 60.1 cm³/mol. The van der Waals surface area contributed by atoms with E-state index in [-0.39, 0.29) is 0 Å². The first-order valence-electron chi connectivity index (χ1n) is 5.14. The number of hydrogen-bond acceptors (Lipinski definition) is 2. The van der Waals surface area contributed by atoms with Gasteiger partial charge in [0, 0.05) is 19.1 Å². The molecule has 1 heterocycles. The molecule has 0 saturated heterocycles. The van der Waals surface area contributed by atoms with E-state index in [1.165, 1.54) is 0 Å². The third kappa shape index (κ3) is 3.34. The zero-order valence-corrected chi connectivity index (χ0v) is 9.20. The molecule has 0 aliphatic carbocycles. The number of imidazole rings is 1. The Kier molecular flexibility index (Phi) is 4.40. The van der Waals surface area contributed by atoms with Gasteiger partial charge in [0.1, 0.15) is 0 Å². The number of nitrogens with one attached hydrogen (secondary N) is 1. The second kappa shape index (κ2) is 5.60. The summed E-state index contributed by atoms with van der Waals surface area (Å²) in [5, 5.41) is 3.33. The molecule has 78 valence electrons. The van der Waals surface area contributed by atoms with E-state index in [4.69, 9.17) is 0 Å². The molecule has 3 nitrogen and oxygen atoms in total. The van der Waals surface area contributed by atoms with Crippen LogP contribution in [0.4, 0.5) is 0 Å². The molecular weight excluding hydrogens is 174 g/mol. The SMILES string of the molecule is CCn1cncc1C=CCNC(C)C. The molecule has 3 heteroatoms. The van der Waals surface area contributed by atoms with Crippen LogP contribution < -0.4 is 5.32 Å². The highest BCUT2D eigenvalue weighted by Gasteiger charge is 1.94. The van der Waals surface area contributed by atoms with Crippen molar-refractivity contribution >= 4 is 6.08 Å². The fraction of sp³-hybridized carbons (Fsp3) is 0.545. The van der Waals surface area contributed by atoms with Gasteiger partial charge in [-0.1, -0.05) is 19.9 Å². The maximum absolute atomic E-state index is 4.10. The van der Waals surface area contributed by atoms with E-state index in [0.29, 0.717) is 6.04 Å². The van der Waals surface area contributed by atoms with Crippen LogP contribution in [-0.4, -0.2) is 22.1 Å². The Bertz CT molecular complexity index is 286. The van der Waals surface area contributed by atoms with Gasteiger partial charge in [0.05, 0.1) is 18.2 Å². The second-order valence-corrected chi connectivity index (χ2v) is 3.57. The molecule has 1 aromatic heterocycles. The molecule has 0 aromatic carbocycles. The Balaban J connectivity index is 2.43. The van der Waals surface area contributed by atoms with Crippen LogP contribution in [0.1, 0.15) is 26.5 Å². The van der Waals surface area contributed by atoms with Crippen molar-refractivity contribution < 1.29 is 0 Å². The van der Waals surface area contributed by atoms with E-state index < -0.39 is 0 Å². The van der Waals surface area contributed by atoms with Crippen molar-refractivity contribution in [2.24, 2.45) is 0 Å². The van der Waals surface area contributed by atoms with Gasteiger partial charge in [-0.15, -0.1) is 0 Å². The number of hydrogen-bond donors (Lipinski definition) is 1. The standard InChI is InChI=1S/C11H19N3/c1-4-14-9-12-8-11(14)6-5-7-13-10(2)3/h5-6,8-10,13H,4,7H2,1-3H3. The lowest BCUT2D eigenvalue weighted by Gasteiger charge is -2.03. The number of aromatic nitrogens is 2. The molecule has 0 spiro atoms. The van der Waals surface area contributed by atoms with Crippen LogP contribution in [0.15, 0.2) is 18.6 Å². The van der Waals surface area contributed by atoms with E-state index in [1.807, 2.05) is 12.5 Å². The Morgan fingerprint density at radius 1 is 1.57 bits per heavy atom. The van der Waals surface area contributed by atoms with E-state index in [0.717, 1.165) is 18.8 Å². The van der Waals surface area contributed by atoms with Crippen LogP contribution in [0.5, 0.6) is 0 Å². The first kappa shape index (κ1) is 11.0. The van der Waals surface area contributed by atoms with Crippen LogP contribution in [0.2, 0.25) is 0 Å². The van der Waals surface area contributed by atoms with Gasteiger partial charge in [-0.25, -0.2) is 4.98 Å². The molecule has 0 atom stereocenters. The summed E-state index contributed by atoms with van der Waals surface area (Å²) in [4.78, 5) is 4.10. The van der Waals surface area contributed by atoms with Crippen molar-refractivity contribution in [3.63, 3.8) is 0 Å². The Morgan fingerprint density at radius 2 is 2.36 bits per heavy atom. The summed E-state index contributed by atoms with van der Waals surface area (Å²) in [5.74, 6) is 0. The average molecular weight is 193 g/mol. The van der Waals surface area contributed by atoms with Crippen molar-refractivity contribution in [3.05, 3.63) is 24.3 Å². The molecule has 1 rings (SSSR count). The molecule has 0 amide bonds. The van der Waals surface area contributed by atoms with Gasteiger partial charge in [0.2, 0.25) is 0 Å². The van der Waals surface area contributed by atoms with Gasteiger partial charge < -0.3 is 9.88 Å². The summed E-state index contributed by atoms with van der Waals surface area (Å²) in [6.07, 6.45) is 7.97. The lowest BCUT2D eigenvalue weighted by atomic mass is 10.3. The minimum Gasteiger partial charge on any atom is -0.331 e. The molecule has 0 unspecified atom stereocenters. The maximum Gasteiger partial charge on any atom is 0.0950 e. The molecule has 0 fully saturated rings. The van der Waals surface area contributed by atoms with E-state index in [1.54, 1.807) is 0 Å². The second-order valence-electron chi connectivity index (χ2n) is 3.57. The van der Waals surface area contributed by atoms with Crippen LogP contribution >= 0.6 is 0 Å². The molecule has 0 aliphatic heterocycles. The molecule has 0 radical (unpaired) electrons. The van der Waals surface area contributed by atoms with Crippen molar-refractivity contribution in [3.8, 4) is 0 Å². The normalized spacial score (nSPS) is 11.7. The number of aryl methyl sites for hydroxylation is 1. The van der Waals surface area contributed by atoms with Gasteiger partial charge in [-0.3, -0.25) is 0 Å². The van der Waals surface area contributed by atoms with Crippen molar-refractivity contribution in [1.82, 2.24) is 14.9 Å². The quantitative estimate of drug-likeness (QED) is 0.774. The number of nitrogens with zero attached hydrogens (tertiary/aromatic N) is 2. The monoisotopic (exact) mass is 193 g/mol. The third-order valence-electron chi connectivity index (χ3n) is 2.02. The van der Waals surface area contributed by atoms with Gasteiger partial charge in [0.25, 0.3) is 0 Å². The summed E-state index contributed by atoms with van der Waals surface area (Å²) >= 11 is 0. The molecule has 0 aliphatic rings. The van der Waals surface area contributed by atoms with Crippen molar-refractivity contribution in [1.29, 1.82) is 0 Å². The molecule has 14 heavy (non-hydrogen) atoms. The molecule has 0 saturated carbocycles. The minimum atomic E-state index is 0.538. The average Bonchev–Trinajstić information content (AvgIpc) is 2.59. The van der Waals surface area contributed by atoms with Gasteiger partial charge in [-0.2, -0.15) is 0 Å². The summed E-state index contributed by atoms with van der Waals surface area (Å²) < 4.78 is 2.12. The van der Waals surface area contributed by atoms with Gasteiger partial charge in [-0.05, 0) is 13.0 Å². The molecular formula is C11H19N3. The highest BCUT2D eigenvalue weighted by Crippen LogP contribution is 2.00. The largest absolute Gasteiger partial charge is 0.331 e. The van der Waals surface area contributed by atoms with Crippen LogP contribution in [0.25, 0.3) is 6.08 Å². The summed E-state index contributed by atoms with van der Waals surface area (Å²) in [6.45, 7) is 8.28. The Labute approximate surface area is 85.8 Å². The Hall–Kier alpha value is -1.09. The van der Waals surface area contributed by atoms with Crippen molar-refractivity contribution in [2.75, 3.05) is 6.54 Å². The molecule has 0 bridgehead atoms. The van der Waals surface area contributed by atoms with Crippen LogP contribution in [-0.2, 0) is 6.54 Å². The predicted octanol–water partition coefficient (Wildman–Crippen LogP) is 1.91. The zero-order valence-electron chi connectivity index (χ0n) is 9.20. The lowest BCUT2D eigenvalue weighted by molar-refractivity contribution is 0.633. The summed E-state index contributed by atoms with van der Waals surface area (Å²) in [6, 6.07) is 0.538. The van der Waals surface area contributed by atoms with Gasteiger partial charge >= 0.3 is 0 Å². The fourth-order valence-corrected chi connectivity index (χ4v) is 1.22. The number of rotatable bonds is 5. The summed E-state index contributed by atoms with van der Waals surface area (Å²) in [5.41, 5.74) is 1.16. The Morgan fingerprint density at radius 3 is 3.00 bits per heavy atom. The maximum atomic E-state index is 4.10. The third-order valence-corrected chi connectivity index (χ3v) is 2.02. The highest BCUT2D eigenvalue weighted by atomic mass is 15.0. The van der Waals surface area contributed by atoms with Gasteiger partial charge in [0.15, 0.2) is 0 Å². The van der Waals surface area contributed by atoms with Crippen molar-refractivity contribution in [2.45, 2.75) is 33.4 Å². The highest BCUT2D eigenvalue weighted by molar-refractivity contribution is 5.43. The van der Waals surface area contributed by atoms with E-state index >= 15 is 0 Å². The first-order valence-corrected chi connectivity index (χ1v) is 5.14. The van der Waals surface area contributed by atoms with E-state index in [2.05, 4.69) is 47.8 Å². The zero-order chi connectivity index (χ0) is 10.4. The topological polar surface area (TPSA) is 29.9 Å². The lowest BCUT2D eigenvalue weighted by Crippen LogP contribution is -2.22. The van der Waals surface area contributed by atoms with E-state index in [9.17, 15) is 0 Å². The minimum absolute atomic E-state index is 0.538. The molecule has 1 aromatic rings. The first-order chi connectivity index (χ1) is 6.74.